The van der Waals surface area contributed by atoms with Crippen LogP contribution in [0.15, 0.2) is 24.3 Å². The molecule has 0 radical (unpaired) electrons. The number of sulfone groups is 1. The molecule has 118 valence electrons. The van der Waals surface area contributed by atoms with Crippen LogP contribution in [0.3, 0.4) is 0 Å². The van der Waals surface area contributed by atoms with Crippen LogP contribution in [0.4, 0.5) is 5.69 Å². The van der Waals surface area contributed by atoms with E-state index in [2.05, 4.69) is 0 Å². The Bertz CT molecular complexity index is 573. The summed E-state index contributed by atoms with van der Waals surface area (Å²) >= 11 is 0. The van der Waals surface area contributed by atoms with Crippen molar-refractivity contribution < 1.29 is 13.2 Å². The Labute approximate surface area is 126 Å². The van der Waals surface area contributed by atoms with Gasteiger partial charge in [0.1, 0.15) is 9.84 Å². The quantitative estimate of drug-likeness (QED) is 0.641. The highest BCUT2D eigenvalue weighted by atomic mass is 32.2. The van der Waals surface area contributed by atoms with Gasteiger partial charge in [0.25, 0.3) is 0 Å². The van der Waals surface area contributed by atoms with Gasteiger partial charge in [0.15, 0.2) is 0 Å². The van der Waals surface area contributed by atoms with Crippen LogP contribution in [0, 0.1) is 0 Å². The molecule has 0 spiro atoms. The summed E-state index contributed by atoms with van der Waals surface area (Å²) in [6, 6.07) is 7.37. The molecule has 0 aliphatic rings. The van der Waals surface area contributed by atoms with E-state index in [-0.39, 0.29) is 18.1 Å². The number of hydrogen-bond donors (Lipinski definition) is 2. The van der Waals surface area contributed by atoms with Crippen molar-refractivity contribution >= 4 is 21.4 Å². The molecule has 1 rings (SSSR count). The number of rotatable bonds is 9. The first-order chi connectivity index (χ1) is 9.82. The van der Waals surface area contributed by atoms with Crippen LogP contribution < -0.4 is 11.5 Å². The van der Waals surface area contributed by atoms with Crippen molar-refractivity contribution in [3.8, 4) is 0 Å². The minimum Gasteiger partial charge on any atom is -0.399 e. The van der Waals surface area contributed by atoms with Crippen molar-refractivity contribution in [3.05, 3.63) is 29.8 Å². The second-order valence-electron chi connectivity index (χ2n) is 5.01. The molecule has 0 aromatic heterocycles. The molecule has 7 heteroatoms. The Morgan fingerprint density at radius 1 is 1.33 bits per heavy atom. The van der Waals surface area contributed by atoms with Crippen molar-refractivity contribution in [2.24, 2.45) is 5.73 Å². The lowest BCUT2D eigenvalue weighted by Crippen LogP contribution is -2.34. The van der Waals surface area contributed by atoms with Gasteiger partial charge >= 0.3 is 0 Å². The Balaban J connectivity index is 2.61. The van der Waals surface area contributed by atoms with Crippen LogP contribution in [-0.4, -0.2) is 43.8 Å². The molecule has 0 heterocycles. The van der Waals surface area contributed by atoms with Gasteiger partial charge in [-0.1, -0.05) is 19.1 Å². The number of carbonyl (C=O) groups excluding carboxylic acids is 1. The van der Waals surface area contributed by atoms with Crippen LogP contribution in [0.25, 0.3) is 0 Å². The number of nitrogen functional groups attached to an aromatic ring is 1. The molecule has 0 saturated heterocycles. The SMILES string of the molecule is CCS(=O)(=O)CCCN(CC(N)=O)Cc1cccc(N)c1. The van der Waals surface area contributed by atoms with Crippen LogP contribution in [-0.2, 0) is 21.2 Å². The number of nitrogens with zero attached hydrogens (tertiary/aromatic N) is 1. The molecule has 0 aliphatic heterocycles. The summed E-state index contributed by atoms with van der Waals surface area (Å²) in [5.41, 5.74) is 12.6. The molecule has 1 aromatic carbocycles. The topological polar surface area (TPSA) is 106 Å². The number of primary amides is 1. The summed E-state index contributed by atoms with van der Waals surface area (Å²) < 4.78 is 23.0. The first-order valence-corrected chi connectivity index (χ1v) is 8.70. The molecular weight excluding hydrogens is 290 g/mol. The van der Waals surface area contributed by atoms with Gasteiger partial charge in [-0.15, -0.1) is 0 Å². The van der Waals surface area contributed by atoms with Gasteiger partial charge in [-0.05, 0) is 30.7 Å². The van der Waals surface area contributed by atoms with Crippen LogP contribution in [0.1, 0.15) is 18.9 Å². The van der Waals surface area contributed by atoms with Crippen molar-refractivity contribution in [1.82, 2.24) is 4.90 Å². The average Bonchev–Trinajstić information content (AvgIpc) is 2.37. The lowest BCUT2D eigenvalue weighted by atomic mass is 10.2. The highest BCUT2D eigenvalue weighted by molar-refractivity contribution is 7.91. The molecule has 1 amide bonds. The molecule has 0 unspecified atom stereocenters. The normalized spacial score (nSPS) is 11.7. The lowest BCUT2D eigenvalue weighted by molar-refractivity contribution is -0.119. The molecular formula is C14H23N3O3S. The van der Waals surface area contributed by atoms with Crippen LogP contribution in [0.2, 0.25) is 0 Å². The summed E-state index contributed by atoms with van der Waals surface area (Å²) in [6.07, 6.45) is 0.478. The maximum Gasteiger partial charge on any atom is 0.231 e. The van der Waals surface area contributed by atoms with Gasteiger partial charge in [-0.25, -0.2) is 8.42 Å². The highest BCUT2D eigenvalue weighted by Crippen LogP contribution is 2.10. The van der Waals surface area contributed by atoms with E-state index in [1.165, 1.54) is 0 Å². The molecule has 1 aromatic rings. The maximum atomic E-state index is 11.5. The molecule has 4 N–H and O–H groups in total. The number of carbonyl (C=O) groups is 1. The van der Waals surface area contributed by atoms with Crippen molar-refractivity contribution in [2.45, 2.75) is 19.9 Å². The largest absolute Gasteiger partial charge is 0.399 e. The minimum absolute atomic E-state index is 0.0982. The van der Waals surface area contributed by atoms with Gasteiger partial charge in [0, 0.05) is 18.0 Å². The number of benzene rings is 1. The van der Waals surface area contributed by atoms with Crippen molar-refractivity contribution in [2.75, 3.05) is 30.3 Å². The Morgan fingerprint density at radius 3 is 2.62 bits per heavy atom. The van der Waals surface area contributed by atoms with Crippen molar-refractivity contribution in [1.29, 1.82) is 0 Å². The van der Waals surface area contributed by atoms with E-state index in [1.807, 2.05) is 23.1 Å². The van der Waals surface area contributed by atoms with E-state index >= 15 is 0 Å². The third kappa shape index (κ3) is 7.10. The molecule has 0 bridgehead atoms. The summed E-state index contributed by atoms with van der Waals surface area (Å²) in [7, 11) is -2.99. The summed E-state index contributed by atoms with van der Waals surface area (Å²) in [4.78, 5) is 13.0. The standard InChI is InChI=1S/C14H23N3O3S/c1-2-21(19,20)8-4-7-17(11-14(16)18)10-12-5-3-6-13(15)9-12/h3,5-6,9H,2,4,7-8,10-11,15H2,1H3,(H2,16,18). The highest BCUT2D eigenvalue weighted by Gasteiger charge is 2.12. The van der Waals surface area contributed by atoms with Gasteiger partial charge in [0.05, 0.1) is 12.3 Å². The smallest absolute Gasteiger partial charge is 0.231 e. The third-order valence-electron chi connectivity index (χ3n) is 3.11. The zero-order valence-corrected chi connectivity index (χ0v) is 13.1. The lowest BCUT2D eigenvalue weighted by Gasteiger charge is -2.20. The summed E-state index contributed by atoms with van der Waals surface area (Å²) in [6.45, 7) is 2.74. The van der Waals surface area contributed by atoms with E-state index < -0.39 is 15.7 Å². The predicted octanol–water partition coefficient (Wildman–Crippen LogP) is 0.381. The summed E-state index contributed by atoms with van der Waals surface area (Å²) in [5, 5.41) is 0. The molecule has 0 saturated carbocycles. The van der Waals surface area contributed by atoms with Crippen molar-refractivity contribution in [3.63, 3.8) is 0 Å². The second-order valence-corrected chi connectivity index (χ2v) is 7.48. The minimum atomic E-state index is -2.99. The fraction of sp³-hybridized carbons (Fsp3) is 0.500. The zero-order chi connectivity index (χ0) is 15.9. The monoisotopic (exact) mass is 313 g/mol. The molecule has 0 aliphatic carbocycles. The zero-order valence-electron chi connectivity index (χ0n) is 12.3. The van der Waals surface area contributed by atoms with Gasteiger partial charge < -0.3 is 11.5 Å². The van der Waals surface area contributed by atoms with E-state index in [4.69, 9.17) is 11.5 Å². The second kappa shape index (κ2) is 7.99. The molecule has 6 nitrogen and oxygen atoms in total. The molecule has 21 heavy (non-hydrogen) atoms. The number of hydrogen-bond acceptors (Lipinski definition) is 5. The van der Waals surface area contributed by atoms with Crippen LogP contribution >= 0.6 is 0 Å². The van der Waals surface area contributed by atoms with Crippen LogP contribution in [0.5, 0.6) is 0 Å². The summed E-state index contributed by atoms with van der Waals surface area (Å²) in [5.74, 6) is -0.175. The van der Waals surface area contributed by atoms with Gasteiger partial charge in [-0.2, -0.15) is 0 Å². The Hall–Kier alpha value is -1.60. The average molecular weight is 313 g/mol. The van der Waals surface area contributed by atoms with E-state index in [1.54, 1.807) is 13.0 Å². The van der Waals surface area contributed by atoms with E-state index in [9.17, 15) is 13.2 Å². The number of amides is 1. The fourth-order valence-electron chi connectivity index (χ4n) is 2.04. The fourth-order valence-corrected chi connectivity index (χ4v) is 2.89. The number of anilines is 1. The van der Waals surface area contributed by atoms with Gasteiger partial charge in [0.2, 0.25) is 5.91 Å². The predicted molar refractivity (Wildman–Crippen MR) is 84.3 cm³/mol. The molecule has 0 atom stereocenters. The first-order valence-electron chi connectivity index (χ1n) is 6.88. The first kappa shape index (κ1) is 17.5. The van der Waals surface area contributed by atoms with E-state index in [0.717, 1.165) is 5.56 Å². The maximum absolute atomic E-state index is 11.5. The Kier molecular flexibility index (Phi) is 6.64. The number of nitrogens with two attached hydrogens (primary N) is 2. The van der Waals surface area contributed by atoms with Gasteiger partial charge in [-0.3, -0.25) is 9.69 Å². The van der Waals surface area contributed by atoms with E-state index in [0.29, 0.717) is 25.2 Å². The third-order valence-corrected chi connectivity index (χ3v) is 4.90. The molecule has 0 fully saturated rings. The Morgan fingerprint density at radius 2 is 2.05 bits per heavy atom.